The van der Waals surface area contributed by atoms with Crippen molar-refractivity contribution >= 4 is 15.5 Å². The average molecular weight is 282 g/mol. The van der Waals surface area contributed by atoms with E-state index in [0.29, 0.717) is 19.7 Å². The number of hydrogen-bond acceptors (Lipinski definition) is 5. The minimum absolute atomic E-state index is 0.0680. The van der Waals surface area contributed by atoms with Crippen LogP contribution in [0.15, 0.2) is 18.2 Å². The first-order chi connectivity index (χ1) is 9.03. The molecule has 1 atom stereocenters. The number of nitrogens with zero attached hydrogens (tertiary/aromatic N) is 1. The predicted molar refractivity (Wildman–Crippen MR) is 74.5 cm³/mol. The van der Waals surface area contributed by atoms with Gasteiger partial charge in [0.1, 0.15) is 12.4 Å². The molecule has 2 heterocycles. The number of sulfone groups is 1. The lowest BCUT2D eigenvalue weighted by molar-refractivity contribution is 0.263. The fraction of sp³-hybridized carbons (Fsp3) is 0.538. The van der Waals surface area contributed by atoms with Gasteiger partial charge in [0, 0.05) is 30.9 Å². The minimum atomic E-state index is -2.84. The second-order valence-corrected chi connectivity index (χ2v) is 7.51. The topological polar surface area (TPSA) is 72.6 Å². The van der Waals surface area contributed by atoms with Gasteiger partial charge in [-0.05, 0) is 18.1 Å². The second kappa shape index (κ2) is 4.68. The molecule has 2 aliphatic rings. The zero-order valence-electron chi connectivity index (χ0n) is 10.7. The van der Waals surface area contributed by atoms with E-state index in [9.17, 15) is 8.42 Å². The molecule has 1 saturated heterocycles. The first kappa shape index (κ1) is 12.7. The molecule has 0 aromatic heterocycles. The van der Waals surface area contributed by atoms with Crippen LogP contribution in [0.2, 0.25) is 0 Å². The van der Waals surface area contributed by atoms with Crippen molar-refractivity contribution in [3.05, 3.63) is 23.8 Å². The SMILES string of the molecule is N[C@H]1COc2cc(N3CCS(=O)(=O)CC3)ccc2C1. The summed E-state index contributed by atoms with van der Waals surface area (Å²) in [5.41, 5.74) is 8.02. The van der Waals surface area contributed by atoms with Gasteiger partial charge in [0.15, 0.2) is 9.84 Å². The third-order valence-corrected chi connectivity index (χ3v) is 5.30. The van der Waals surface area contributed by atoms with Crippen molar-refractivity contribution in [1.29, 1.82) is 0 Å². The molecule has 6 heteroatoms. The Kier molecular flexibility index (Phi) is 3.14. The Bertz CT molecular complexity index is 572. The van der Waals surface area contributed by atoms with Crippen LogP contribution in [0.1, 0.15) is 5.56 Å². The van der Waals surface area contributed by atoms with Crippen LogP contribution in [-0.4, -0.2) is 45.7 Å². The molecule has 104 valence electrons. The largest absolute Gasteiger partial charge is 0.492 e. The summed E-state index contributed by atoms with van der Waals surface area (Å²) in [5.74, 6) is 1.35. The van der Waals surface area contributed by atoms with E-state index in [1.54, 1.807) is 0 Å². The summed E-state index contributed by atoms with van der Waals surface area (Å²) in [4.78, 5) is 2.10. The number of rotatable bonds is 1. The molecule has 0 spiro atoms. The van der Waals surface area contributed by atoms with Crippen molar-refractivity contribution in [3.8, 4) is 5.75 Å². The molecule has 0 amide bonds. The van der Waals surface area contributed by atoms with Crippen LogP contribution in [0.25, 0.3) is 0 Å². The quantitative estimate of drug-likeness (QED) is 0.795. The van der Waals surface area contributed by atoms with Gasteiger partial charge >= 0.3 is 0 Å². The van der Waals surface area contributed by atoms with Gasteiger partial charge in [0.05, 0.1) is 11.5 Å². The maximum absolute atomic E-state index is 11.4. The number of nitrogens with two attached hydrogens (primary N) is 1. The predicted octanol–water partition coefficient (Wildman–Crippen LogP) is 0.184. The molecule has 2 aliphatic heterocycles. The molecule has 5 nitrogen and oxygen atoms in total. The molecule has 2 N–H and O–H groups in total. The zero-order chi connectivity index (χ0) is 13.5. The Balaban J connectivity index is 1.79. The monoisotopic (exact) mass is 282 g/mol. The summed E-state index contributed by atoms with van der Waals surface area (Å²) >= 11 is 0. The maximum Gasteiger partial charge on any atom is 0.153 e. The van der Waals surface area contributed by atoms with E-state index in [1.807, 2.05) is 18.2 Å². The molecule has 19 heavy (non-hydrogen) atoms. The zero-order valence-corrected chi connectivity index (χ0v) is 11.5. The lowest BCUT2D eigenvalue weighted by Gasteiger charge is -2.30. The molecule has 1 aromatic rings. The van der Waals surface area contributed by atoms with E-state index in [4.69, 9.17) is 10.5 Å². The van der Waals surface area contributed by atoms with Crippen LogP contribution < -0.4 is 15.4 Å². The number of anilines is 1. The number of fused-ring (bicyclic) bond motifs is 1. The number of hydrogen-bond donors (Lipinski definition) is 1. The molecule has 0 unspecified atom stereocenters. The van der Waals surface area contributed by atoms with Crippen molar-refractivity contribution in [3.63, 3.8) is 0 Å². The van der Waals surface area contributed by atoms with E-state index in [0.717, 1.165) is 23.4 Å². The lowest BCUT2D eigenvalue weighted by Crippen LogP contribution is -2.40. The Morgan fingerprint density at radius 2 is 2.00 bits per heavy atom. The van der Waals surface area contributed by atoms with Crippen LogP contribution in [0.3, 0.4) is 0 Å². The van der Waals surface area contributed by atoms with E-state index in [-0.39, 0.29) is 17.5 Å². The van der Waals surface area contributed by atoms with Gasteiger partial charge in [-0.1, -0.05) is 6.07 Å². The standard InChI is InChI=1S/C13H18N2O3S/c14-11-7-10-1-2-12(8-13(10)18-9-11)15-3-5-19(16,17)6-4-15/h1-2,8,11H,3-7,9,14H2/t11-/m1/s1. The summed E-state index contributed by atoms with van der Waals surface area (Å²) in [6, 6.07) is 6.13. The fourth-order valence-electron chi connectivity index (χ4n) is 2.55. The van der Waals surface area contributed by atoms with Crippen molar-refractivity contribution < 1.29 is 13.2 Å². The van der Waals surface area contributed by atoms with Gasteiger partial charge in [-0.25, -0.2) is 8.42 Å². The highest BCUT2D eigenvalue weighted by Crippen LogP contribution is 2.30. The summed E-state index contributed by atoms with van der Waals surface area (Å²) < 4.78 is 28.5. The first-order valence-electron chi connectivity index (χ1n) is 6.50. The molecule has 0 bridgehead atoms. The van der Waals surface area contributed by atoms with Gasteiger partial charge < -0.3 is 15.4 Å². The van der Waals surface area contributed by atoms with Crippen molar-refractivity contribution in [2.45, 2.75) is 12.5 Å². The van der Waals surface area contributed by atoms with Crippen molar-refractivity contribution in [2.24, 2.45) is 5.73 Å². The summed E-state index contributed by atoms with van der Waals surface area (Å²) in [6.45, 7) is 1.66. The third kappa shape index (κ3) is 2.69. The van der Waals surface area contributed by atoms with Gasteiger partial charge in [-0.2, -0.15) is 0 Å². The average Bonchev–Trinajstić information content (AvgIpc) is 2.38. The van der Waals surface area contributed by atoms with Gasteiger partial charge in [-0.15, -0.1) is 0 Å². The molecular weight excluding hydrogens is 264 g/mol. The van der Waals surface area contributed by atoms with Crippen LogP contribution in [0.4, 0.5) is 5.69 Å². The summed E-state index contributed by atoms with van der Waals surface area (Å²) in [7, 11) is -2.84. The molecule has 1 fully saturated rings. The molecular formula is C13H18N2O3S. The van der Waals surface area contributed by atoms with Crippen LogP contribution in [-0.2, 0) is 16.3 Å². The first-order valence-corrected chi connectivity index (χ1v) is 8.32. The Morgan fingerprint density at radius 1 is 1.26 bits per heavy atom. The van der Waals surface area contributed by atoms with E-state index >= 15 is 0 Å². The Labute approximate surface area is 113 Å². The Hall–Kier alpha value is -1.27. The molecule has 0 radical (unpaired) electrons. The highest BCUT2D eigenvalue weighted by molar-refractivity contribution is 7.91. The van der Waals surface area contributed by atoms with Crippen molar-refractivity contribution in [1.82, 2.24) is 0 Å². The van der Waals surface area contributed by atoms with Crippen LogP contribution in [0, 0.1) is 0 Å². The fourth-order valence-corrected chi connectivity index (χ4v) is 3.75. The van der Waals surface area contributed by atoms with Crippen LogP contribution in [0.5, 0.6) is 5.75 Å². The summed E-state index contributed by atoms with van der Waals surface area (Å²) in [5, 5.41) is 0. The third-order valence-electron chi connectivity index (χ3n) is 3.70. The van der Waals surface area contributed by atoms with E-state index in [2.05, 4.69) is 4.90 Å². The molecule has 1 aromatic carbocycles. The van der Waals surface area contributed by atoms with Crippen LogP contribution >= 0.6 is 0 Å². The molecule has 0 aliphatic carbocycles. The lowest BCUT2D eigenvalue weighted by atomic mass is 10.0. The smallest absolute Gasteiger partial charge is 0.153 e. The highest BCUT2D eigenvalue weighted by Gasteiger charge is 2.23. The Morgan fingerprint density at radius 3 is 2.74 bits per heavy atom. The highest BCUT2D eigenvalue weighted by atomic mass is 32.2. The van der Waals surface area contributed by atoms with Gasteiger partial charge in [0.25, 0.3) is 0 Å². The van der Waals surface area contributed by atoms with Crippen molar-refractivity contribution in [2.75, 3.05) is 36.1 Å². The maximum atomic E-state index is 11.4. The van der Waals surface area contributed by atoms with Gasteiger partial charge in [-0.3, -0.25) is 0 Å². The van der Waals surface area contributed by atoms with E-state index in [1.165, 1.54) is 0 Å². The molecule has 0 saturated carbocycles. The second-order valence-electron chi connectivity index (χ2n) is 5.21. The van der Waals surface area contributed by atoms with Gasteiger partial charge in [0.2, 0.25) is 0 Å². The molecule has 3 rings (SSSR count). The summed E-state index contributed by atoms with van der Waals surface area (Å²) in [6.07, 6.45) is 0.837. The number of benzene rings is 1. The normalized spacial score (nSPS) is 25.5. The van der Waals surface area contributed by atoms with E-state index < -0.39 is 9.84 Å². The minimum Gasteiger partial charge on any atom is -0.492 e. The number of ether oxygens (including phenoxy) is 1.